The maximum Gasteiger partial charge on any atom is 0.237 e. The molecule has 4 nitrogen and oxygen atoms in total. The summed E-state index contributed by atoms with van der Waals surface area (Å²) < 4.78 is 5.35. The molecule has 1 N–H and O–H groups in total. The van der Waals surface area contributed by atoms with Crippen LogP contribution in [0.15, 0.2) is 17.5 Å². The predicted molar refractivity (Wildman–Crippen MR) is 77.2 cm³/mol. The number of nitrogens with one attached hydrogen (secondary N) is 1. The first kappa shape index (κ1) is 14.5. The number of likely N-dealkylation sites (tertiary alicyclic amines) is 1. The second-order valence-corrected chi connectivity index (χ2v) is 5.98. The lowest BCUT2D eigenvalue weighted by Crippen LogP contribution is -2.49. The lowest BCUT2D eigenvalue weighted by Gasteiger charge is -2.34. The van der Waals surface area contributed by atoms with Crippen molar-refractivity contribution < 1.29 is 9.53 Å². The van der Waals surface area contributed by atoms with E-state index in [4.69, 9.17) is 4.74 Å². The molecule has 2 heterocycles. The Bertz CT molecular complexity index is 386. The molecule has 0 aliphatic carbocycles. The molecule has 0 bridgehead atoms. The molecule has 0 saturated carbocycles. The minimum atomic E-state index is -0.0576. The van der Waals surface area contributed by atoms with E-state index in [1.165, 1.54) is 4.88 Å². The highest BCUT2D eigenvalue weighted by Crippen LogP contribution is 2.15. The summed E-state index contributed by atoms with van der Waals surface area (Å²) in [7, 11) is 1.76. The smallest absolute Gasteiger partial charge is 0.237 e. The van der Waals surface area contributed by atoms with Crippen molar-refractivity contribution in [2.45, 2.75) is 38.5 Å². The topological polar surface area (TPSA) is 41.6 Å². The van der Waals surface area contributed by atoms with Gasteiger partial charge < -0.3 is 10.1 Å². The molecular weight excluding hydrogens is 260 g/mol. The molecule has 0 aromatic carbocycles. The minimum Gasteiger partial charge on any atom is -0.381 e. The van der Waals surface area contributed by atoms with Crippen LogP contribution in [0, 0.1) is 0 Å². The molecule has 1 aliphatic rings. The summed E-state index contributed by atoms with van der Waals surface area (Å²) in [4.78, 5) is 15.5. The van der Waals surface area contributed by atoms with Gasteiger partial charge in [-0.1, -0.05) is 6.07 Å². The van der Waals surface area contributed by atoms with Crippen molar-refractivity contribution in [3.8, 4) is 0 Å². The van der Waals surface area contributed by atoms with Crippen LogP contribution in [0.5, 0.6) is 0 Å². The van der Waals surface area contributed by atoms with E-state index in [1.807, 2.05) is 24.4 Å². The molecule has 0 spiro atoms. The van der Waals surface area contributed by atoms with Gasteiger partial charge in [-0.05, 0) is 31.2 Å². The Kier molecular flexibility index (Phi) is 5.36. The van der Waals surface area contributed by atoms with E-state index in [-0.39, 0.29) is 11.9 Å². The van der Waals surface area contributed by atoms with Gasteiger partial charge in [0.2, 0.25) is 5.91 Å². The van der Waals surface area contributed by atoms with Gasteiger partial charge in [0.15, 0.2) is 0 Å². The lowest BCUT2D eigenvalue weighted by molar-refractivity contribution is -0.127. The Morgan fingerprint density at radius 3 is 2.89 bits per heavy atom. The van der Waals surface area contributed by atoms with E-state index >= 15 is 0 Å². The fraction of sp³-hybridized carbons (Fsp3) is 0.643. The third kappa shape index (κ3) is 4.03. The van der Waals surface area contributed by atoms with Gasteiger partial charge in [-0.25, -0.2) is 0 Å². The Labute approximate surface area is 118 Å². The fourth-order valence-electron chi connectivity index (χ4n) is 2.40. The van der Waals surface area contributed by atoms with E-state index in [9.17, 15) is 4.79 Å². The van der Waals surface area contributed by atoms with Crippen molar-refractivity contribution in [3.63, 3.8) is 0 Å². The lowest BCUT2D eigenvalue weighted by atomic mass is 10.1. The van der Waals surface area contributed by atoms with Crippen LogP contribution in [-0.2, 0) is 16.1 Å². The number of methoxy groups -OCH3 is 1. The quantitative estimate of drug-likeness (QED) is 0.896. The van der Waals surface area contributed by atoms with Crippen molar-refractivity contribution in [2.24, 2.45) is 0 Å². The summed E-state index contributed by atoms with van der Waals surface area (Å²) in [6.07, 6.45) is 2.38. The summed E-state index contributed by atoms with van der Waals surface area (Å²) in [5.41, 5.74) is 0. The molecule has 2 rings (SSSR count). The second-order valence-electron chi connectivity index (χ2n) is 4.94. The molecular formula is C14H22N2O2S. The van der Waals surface area contributed by atoms with Crippen LogP contribution in [0.2, 0.25) is 0 Å². The minimum absolute atomic E-state index is 0.0576. The van der Waals surface area contributed by atoms with Gasteiger partial charge in [0.25, 0.3) is 0 Å². The molecule has 1 aromatic rings. The number of hydrogen-bond acceptors (Lipinski definition) is 4. The highest BCUT2D eigenvalue weighted by molar-refractivity contribution is 7.09. The number of piperidine rings is 1. The molecule has 1 saturated heterocycles. The normalized spacial score (nSPS) is 19.3. The zero-order valence-corrected chi connectivity index (χ0v) is 12.4. The van der Waals surface area contributed by atoms with E-state index < -0.39 is 0 Å². The van der Waals surface area contributed by atoms with Gasteiger partial charge in [0.05, 0.1) is 18.7 Å². The first-order valence-electron chi connectivity index (χ1n) is 6.77. The van der Waals surface area contributed by atoms with E-state index in [0.717, 1.165) is 25.9 Å². The number of thiophene rings is 1. The molecule has 1 amide bonds. The highest BCUT2D eigenvalue weighted by atomic mass is 32.1. The first-order chi connectivity index (χ1) is 9.20. The number of rotatable bonds is 5. The Morgan fingerprint density at radius 1 is 1.58 bits per heavy atom. The molecule has 5 heteroatoms. The van der Waals surface area contributed by atoms with Crippen molar-refractivity contribution >= 4 is 17.2 Å². The SMILES string of the molecule is COC1CCN(C(C)C(=O)NCc2cccs2)CC1. The second kappa shape index (κ2) is 7.03. The van der Waals surface area contributed by atoms with Crippen molar-refractivity contribution in [1.29, 1.82) is 0 Å². The van der Waals surface area contributed by atoms with Crippen LogP contribution in [0.25, 0.3) is 0 Å². The number of ether oxygens (including phenoxy) is 1. The molecule has 1 aliphatic heterocycles. The predicted octanol–water partition coefficient (Wildman–Crippen LogP) is 1.86. The largest absolute Gasteiger partial charge is 0.381 e. The summed E-state index contributed by atoms with van der Waals surface area (Å²) >= 11 is 1.67. The van der Waals surface area contributed by atoms with Crippen LogP contribution in [-0.4, -0.2) is 43.2 Å². The third-order valence-corrected chi connectivity index (χ3v) is 4.63. The van der Waals surface area contributed by atoms with Crippen LogP contribution >= 0.6 is 11.3 Å². The zero-order chi connectivity index (χ0) is 13.7. The van der Waals surface area contributed by atoms with Gasteiger partial charge in [-0.3, -0.25) is 9.69 Å². The first-order valence-corrected chi connectivity index (χ1v) is 7.65. The molecule has 19 heavy (non-hydrogen) atoms. The van der Waals surface area contributed by atoms with Gasteiger partial charge in [-0.15, -0.1) is 11.3 Å². The van der Waals surface area contributed by atoms with Crippen LogP contribution in [0.1, 0.15) is 24.6 Å². The zero-order valence-electron chi connectivity index (χ0n) is 11.6. The summed E-state index contributed by atoms with van der Waals surface area (Å²) in [6.45, 7) is 4.49. The van der Waals surface area contributed by atoms with Gasteiger partial charge in [0, 0.05) is 25.1 Å². The molecule has 1 fully saturated rings. The maximum absolute atomic E-state index is 12.1. The Morgan fingerprint density at radius 2 is 2.32 bits per heavy atom. The summed E-state index contributed by atoms with van der Waals surface area (Å²) in [5.74, 6) is 0.115. The van der Waals surface area contributed by atoms with E-state index in [1.54, 1.807) is 18.4 Å². The number of carbonyl (C=O) groups excluding carboxylic acids is 1. The van der Waals surface area contributed by atoms with Crippen molar-refractivity contribution in [3.05, 3.63) is 22.4 Å². The molecule has 1 atom stereocenters. The third-order valence-electron chi connectivity index (χ3n) is 3.75. The molecule has 106 valence electrons. The Balaban J connectivity index is 1.76. The summed E-state index contributed by atoms with van der Waals surface area (Å²) in [5, 5.41) is 5.03. The van der Waals surface area contributed by atoms with E-state index in [2.05, 4.69) is 10.2 Å². The van der Waals surface area contributed by atoms with Crippen LogP contribution in [0.4, 0.5) is 0 Å². The number of hydrogen-bond donors (Lipinski definition) is 1. The molecule has 1 unspecified atom stereocenters. The van der Waals surface area contributed by atoms with Gasteiger partial charge in [0.1, 0.15) is 0 Å². The average molecular weight is 282 g/mol. The molecule has 0 radical (unpaired) electrons. The summed E-state index contributed by atoms with van der Waals surface area (Å²) in [6, 6.07) is 3.99. The van der Waals surface area contributed by atoms with Crippen LogP contribution < -0.4 is 5.32 Å². The van der Waals surface area contributed by atoms with Crippen molar-refractivity contribution in [2.75, 3.05) is 20.2 Å². The van der Waals surface area contributed by atoms with E-state index in [0.29, 0.717) is 12.6 Å². The standard InChI is InChI=1S/C14H22N2O2S/c1-11(16-7-5-12(18-2)6-8-16)14(17)15-10-13-4-3-9-19-13/h3-4,9,11-12H,5-8,10H2,1-2H3,(H,15,17). The maximum atomic E-state index is 12.1. The Hall–Kier alpha value is -0.910. The van der Waals surface area contributed by atoms with Crippen molar-refractivity contribution in [1.82, 2.24) is 10.2 Å². The average Bonchev–Trinajstić information content (AvgIpc) is 2.97. The number of carbonyl (C=O) groups is 1. The van der Waals surface area contributed by atoms with Crippen LogP contribution in [0.3, 0.4) is 0 Å². The van der Waals surface area contributed by atoms with Gasteiger partial charge in [-0.2, -0.15) is 0 Å². The fourth-order valence-corrected chi connectivity index (χ4v) is 3.04. The number of nitrogens with zero attached hydrogens (tertiary/aromatic N) is 1. The van der Waals surface area contributed by atoms with Gasteiger partial charge >= 0.3 is 0 Å². The monoisotopic (exact) mass is 282 g/mol. The highest BCUT2D eigenvalue weighted by Gasteiger charge is 2.26. The number of amides is 1. The molecule has 1 aromatic heterocycles.